The third kappa shape index (κ3) is 9.85. The molecular weight excluding hydrogens is 334 g/mol. The van der Waals surface area contributed by atoms with Crippen LogP contribution in [0.1, 0.15) is 20.3 Å². The van der Waals surface area contributed by atoms with Gasteiger partial charge in [-0.2, -0.15) is 0 Å². The van der Waals surface area contributed by atoms with Crippen molar-refractivity contribution in [3.05, 3.63) is 28.7 Å². The molecule has 1 aromatic rings. The monoisotopic (exact) mass is 359 g/mol. The fourth-order valence-electron chi connectivity index (χ4n) is 1.64. The molecule has 0 aliphatic heterocycles. The molecule has 1 atom stereocenters. The van der Waals surface area contributed by atoms with Crippen molar-refractivity contribution in [2.24, 2.45) is 5.92 Å². The van der Waals surface area contributed by atoms with Gasteiger partial charge >= 0.3 is 0 Å². The molecule has 1 unspecified atom stereocenters. The van der Waals surface area contributed by atoms with Crippen LogP contribution >= 0.6 is 15.9 Å². The molecule has 0 aliphatic carbocycles. The van der Waals surface area contributed by atoms with E-state index >= 15 is 0 Å². The van der Waals surface area contributed by atoms with Crippen molar-refractivity contribution in [3.8, 4) is 5.75 Å². The van der Waals surface area contributed by atoms with Gasteiger partial charge in [-0.1, -0.05) is 35.8 Å². The highest BCUT2D eigenvalue weighted by molar-refractivity contribution is 9.10. The predicted molar refractivity (Wildman–Crippen MR) is 88.8 cm³/mol. The number of nitrogens with one attached hydrogen (secondary N) is 1. The number of aliphatic hydroxyl groups is 1. The van der Waals surface area contributed by atoms with Crippen molar-refractivity contribution in [2.75, 3.05) is 32.9 Å². The standard InChI is InChI=1S/C16H26BrNO3/c1-13(2)6-8-20-9-7-18-11-15(19)12-21-16-5-3-4-14(17)10-16/h3-5,10,13,15,18-19H,6-9,11-12H2,1-2H3. The summed E-state index contributed by atoms with van der Waals surface area (Å²) in [4.78, 5) is 0. The molecule has 1 rings (SSSR count). The van der Waals surface area contributed by atoms with Crippen molar-refractivity contribution >= 4 is 15.9 Å². The van der Waals surface area contributed by atoms with Crippen molar-refractivity contribution in [3.63, 3.8) is 0 Å². The van der Waals surface area contributed by atoms with Gasteiger partial charge in [0.2, 0.25) is 0 Å². The largest absolute Gasteiger partial charge is 0.491 e. The zero-order chi connectivity index (χ0) is 15.5. The van der Waals surface area contributed by atoms with Gasteiger partial charge in [-0.25, -0.2) is 0 Å². The van der Waals surface area contributed by atoms with Gasteiger partial charge in [-0.15, -0.1) is 0 Å². The first-order chi connectivity index (χ1) is 10.1. The number of hydrogen-bond acceptors (Lipinski definition) is 4. The number of halogens is 1. The maximum atomic E-state index is 9.82. The van der Waals surface area contributed by atoms with Gasteiger partial charge in [-0.3, -0.25) is 0 Å². The lowest BCUT2D eigenvalue weighted by atomic mass is 10.1. The van der Waals surface area contributed by atoms with Gasteiger partial charge in [0, 0.05) is 24.2 Å². The van der Waals surface area contributed by atoms with E-state index in [2.05, 4.69) is 35.1 Å². The fourth-order valence-corrected chi connectivity index (χ4v) is 2.02. The molecule has 0 saturated carbocycles. The van der Waals surface area contributed by atoms with Gasteiger partial charge in [0.25, 0.3) is 0 Å². The van der Waals surface area contributed by atoms with E-state index in [0.29, 0.717) is 19.1 Å². The molecule has 0 radical (unpaired) electrons. The Balaban J connectivity index is 2.00. The van der Waals surface area contributed by atoms with Gasteiger partial charge in [0.15, 0.2) is 0 Å². The number of benzene rings is 1. The Bertz CT molecular complexity index is 388. The molecule has 2 N–H and O–H groups in total. The minimum absolute atomic E-state index is 0.275. The Hall–Kier alpha value is -0.620. The maximum absolute atomic E-state index is 9.82. The molecule has 1 aromatic carbocycles. The van der Waals surface area contributed by atoms with E-state index in [-0.39, 0.29) is 6.61 Å². The molecule has 0 saturated heterocycles. The molecule has 120 valence electrons. The van der Waals surface area contributed by atoms with Crippen LogP contribution in [0.15, 0.2) is 28.7 Å². The highest BCUT2D eigenvalue weighted by Gasteiger charge is 2.05. The van der Waals surface area contributed by atoms with Crippen molar-refractivity contribution in [1.29, 1.82) is 0 Å². The molecule has 0 bridgehead atoms. The van der Waals surface area contributed by atoms with E-state index in [4.69, 9.17) is 9.47 Å². The van der Waals surface area contributed by atoms with Gasteiger partial charge in [0.05, 0.1) is 6.61 Å². The van der Waals surface area contributed by atoms with Gasteiger partial charge in [-0.05, 0) is 30.5 Å². The van der Waals surface area contributed by atoms with E-state index in [1.165, 1.54) is 0 Å². The second-order valence-corrected chi connectivity index (χ2v) is 6.34. The summed E-state index contributed by atoms with van der Waals surface area (Å²) in [6.07, 6.45) is 0.558. The predicted octanol–water partition coefficient (Wildman–Crippen LogP) is 2.84. The van der Waals surface area contributed by atoms with Crippen LogP contribution in [0.4, 0.5) is 0 Å². The Labute approximate surface area is 136 Å². The topological polar surface area (TPSA) is 50.7 Å². The highest BCUT2D eigenvalue weighted by atomic mass is 79.9. The number of aliphatic hydroxyl groups excluding tert-OH is 1. The van der Waals surface area contributed by atoms with Crippen LogP contribution < -0.4 is 10.1 Å². The number of rotatable bonds is 11. The first-order valence-electron chi connectivity index (χ1n) is 7.43. The Morgan fingerprint density at radius 3 is 2.81 bits per heavy atom. The number of ether oxygens (including phenoxy) is 2. The van der Waals surface area contributed by atoms with Crippen LogP contribution in [-0.4, -0.2) is 44.1 Å². The SMILES string of the molecule is CC(C)CCOCCNCC(O)COc1cccc(Br)c1. The molecule has 0 aliphatic rings. The van der Waals surface area contributed by atoms with Crippen molar-refractivity contribution < 1.29 is 14.6 Å². The van der Waals surface area contributed by atoms with Crippen LogP contribution in [0, 0.1) is 5.92 Å². The summed E-state index contributed by atoms with van der Waals surface area (Å²) < 4.78 is 12.0. The summed E-state index contributed by atoms with van der Waals surface area (Å²) in [5.74, 6) is 1.43. The van der Waals surface area contributed by atoms with Gasteiger partial charge in [0.1, 0.15) is 18.5 Å². The summed E-state index contributed by atoms with van der Waals surface area (Å²) in [6, 6.07) is 7.58. The first kappa shape index (κ1) is 18.4. The minimum atomic E-state index is -0.528. The average Bonchev–Trinajstić information content (AvgIpc) is 2.44. The Morgan fingerprint density at radius 2 is 2.10 bits per heavy atom. The smallest absolute Gasteiger partial charge is 0.120 e. The minimum Gasteiger partial charge on any atom is -0.491 e. The second kappa shape index (κ2) is 11.0. The Kier molecular flexibility index (Phi) is 9.67. The van der Waals surface area contributed by atoms with Crippen LogP contribution in [0.5, 0.6) is 5.75 Å². The van der Waals surface area contributed by atoms with E-state index in [0.717, 1.165) is 29.8 Å². The summed E-state index contributed by atoms with van der Waals surface area (Å²) in [6.45, 7) is 7.36. The van der Waals surface area contributed by atoms with E-state index in [1.54, 1.807) is 0 Å². The normalized spacial score (nSPS) is 12.6. The quantitative estimate of drug-likeness (QED) is 0.596. The lowest BCUT2D eigenvalue weighted by Gasteiger charge is -2.13. The zero-order valence-electron chi connectivity index (χ0n) is 12.8. The highest BCUT2D eigenvalue weighted by Crippen LogP contribution is 2.17. The van der Waals surface area contributed by atoms with E-state index in [1.807, 2.05) is 24.3 Å². The summed E-state index contributed by atoms with van der Waals surface area (Å²) in [5.41, 5.74) is 0. The second-order valence-electron chi connectivity index (χ2n) is 5.42. The van der Waals surface area contributed by atoms with Crippen LogP contribution in [-0.2, 0) is 4.74 Å². The lowest BCUT2D eigenvalue weighted by molar-refractivity contribution is 0.0967. The molecule has 0 spiro atoms. The van der Waals surface area contributed by atoms with Crippen LogP contribution in [0.3, 0.4) is 0 Å². The van der Waals surface area contributed by atoms with E-state index in [9.17, 15) is 5.11 Å². The molecule has 21 heavy (non-hydrogen) atoms. The molecule has 0 amide bonds. The Morgan fingerprint density at radius 1 is 1.29 bits per heavy atom. The molecular formula is C16H26BrNO3. The molecule has 5 heteroatoms. The summed E-state index contributed by atoms with van der Waals surface area (Å²) in [5, 5.41) is 13.0. The third-order valence-electron chi connectivity index (χ3n) is 2.88. The van der Waals surface area contributed by atoms with Crippen LogP contribution in [0.2, 0.25) is 0 Å². The fraction of sp³-hybridized carbons (Fsp3) is 0.625. The molecule has 0 aromatic heterocycles. The summed E-state index contributed by atoms with van der Waals surface area (Å²) >= 11 is 3.38. The summed E-state index contributed by atoms with van der Waals surface area (Å²) in [7, 11) is 0. The van der Waals surface area contributed by atoms with Crippen molar-refractivity contribution in [1.82, 2.24) is 5.32 Å². The molecule has 4 nitrogen and oxygen atoms in total. The molecule has 0 fully saturated rings. The van der Waals surface area contributed by atoms with Crippen molar-refractivity contribution in [2.45, 2.75) is 26.4 Å². The molecule has 0 heterocycles. The lowest BCUT2D eigenvalue weighted by Crippen LogP contribution is -2.33. The zero-order valence-corrected chi connectivity index (χ0v) is 14.4. The average molecular weight is 360 g/mol. The maximum Gasteiger partial charge on any atom is 0.120 e. The first-order valence-corrected chi connectivity index (χ1v) is 8.22. The van der Waals surface area contributed by atoms with Crippen LogP contribution in [0.25, 0.3) is 0 Å². The van der Waals surface area contributed by atoms with E-state index < -0.39 is 6.10 Å². The van der Waals surface area contributed by atoms with Gasteiger partial charge < -0.3 is 19.9 Å². The number of hydrogen-bond donors (Lipinski definition) is 2. The third-order valence-corrected chi connectivity index (χ3v) is 3.37.